The van der Waals surface area contributed by atoms with Crippen LogP contribution in [0.4, 0.5) is 0 Å². The average Bonchev–Trinajstić information content (AvgIpc) is 3.29. The second-order valence-corrected chi connectivity index (χ2v) is 8.97. The Hall–Kier alpha value is -3.67. The first-order chi connectivity index (χ1) is 16.5. The summed E-state index contributed by atoms with van der Waals surface area (Å²) in [6.07, 6.45) is 3.51. The van der Waals surface area contributed by atoms with Crippen LogP contribution in [0.2, 0.25) is 0 Å². The molecule has 0 bridgehead atoms. The number of carbonyl (C=O) groups excluding carboxylic acids is 1. The SMILES string of the molecule is CCn1ncc2c(C(=O)N3CCC(Oc4ccc(C)c(C)c4)CC3)cc(-c3ccccc3)nc21. The monoisotopic (exact) mass is 454 g/mol. The van der Waals surface area contributed by atoms with Gasteiger partial charge in [0.05, 0.1) is 22.8 Å². The number of aromatic nitrogens is 3. The molecule has 1 saturated heterocycles. The van der Waals surface area contributed by atoms with Gasteiger partial charge in [-0.25, -0.2) is 9.67 Å². The van der Waals surface area contributed by atoms with Crippen LogP contribution in [0.15, 0.2) is 60.8 Å². The fraction of sp³-hybridized carbons (Fsp3) is 0.321. The van der Waals surface area contributed by atoms with Crippen molar-refractivity contribution < 1.29 is 9.53 Å². The van der Waals surface area contributed by atoms with Crippen LogP contribution in [0.1, 0.15) is 41.3 Å². The molecule has 6 heteroatoms. The van der Waals surface area contributed by atoms with Gasteiger partial charge in [0.25, 0.3) is 5.91 Å². The lowest BCUT2D eigenvalue weighted by Crippen LogP contribution is -2.41. The van der Waals surface area contributed by atoms with E-state index in [4.69, 9.17) is 9.72 Å². The van der Waals surface area contributed by atoms with Crippen molar-refractivity contribution in [2.24, 2.45) is 0 Å². The summed E-state index contributed by atoms with van der Waals surface area (Å²) in [5.74, 6) is 0.938. The molecule has 0 unspecified atom stereocenters. The van der Waals surface area contributed by atoms with Crippen molar-refractivity contribution >= 4 is 16.9 Å². The smallest absolute Gasteiger partial charge is 0.254 e. The maximum atomic E-state index is 13.7. The van der Waals surface area contributed by atoms with E-state index in [9.17, 15) is 4.79 Å². The predicted octanol–water partition coefficient (Wildman–Crippen LogP) is 5.42. The molecule has 1 aliphatic heterocycles. The lowest BCUT2D eigenvalue weighted by Gasteiger charge is -2.32. The number of nitrogens with zero attached hydrogens (tertiary/aromatic N) is 4. The van der Waals surface area contributed by atoms with Crippen molar-refractivity contribution in [2.45, 2.75) is 46.3 Å². The van der Waals surface area contributed by atoms with Gasteiger partial charge in [-0.1, -0.05) is 36.4 Å². The topological polar surface area (TPSA) is 60.2 Å². The van der Waals surface area contributed by atoms with Crippen molar-refractivity contribution in [1.29, 1.82) is 0 Å². The standard InChI is InChI=1S/C28H30N4O2/c1-4-32-27-25(18-29-32)24(17-26(30-27)21-8-6-5-7-9-21)28(33)31-14-12-22(13-15-31)34-23-11-10-19(2)20(3)16-23/h5-11,16-18,22H,4,12-15H2,1-3H3. The molecule has 0 spiro atoms. The number of hydrogen-bond acceptors (Lipinski definition) is 4. The summed E-state index contributed by atoms with van der Waals surface area (Å²) in [6.45, 7) is 8.27. The van der Waals surface area contributed by atoms with Gasteiger partial charge in [0, 0.05) is 38.0 Å². The summed E-state index contributed by atoms with van der Waals surface area (Å²) in [5, 5.41) is 5.28. The van der Waals surface area contributed by atoms with Crippen molar-refractivity contribution in [3.63, 3.8) is 0 Å². The number of amides is 1. The zero-order valence-electron chi connectivity index (χ0n) is 20.0. The van der Waals surface area contributed by atoms with Crippen molar-refractivity contribution in [3.8, 4) is 17.0 Å². The molecule has 5 rings (SSSR count). The van der Waals surface area contributed by atoms with Crippen LogP contribution in [-0.4, -0.2) is 44.8 Å². The van der Waals surface area contributed by atoms with Crippen LogP contribution in [0.3, 0.4) is 0 Å². The molecule has 1 aliphatic rings. The number of hydrogen-bond donors (Lipinski definition) is 0. The van der Waals surface area contributed by atoms with Crippen molar-refractivity contribution in [1.82, 2.24) is 19.7 Å². The van der Waals surface area contributed by atoms with Crippen LogP contribution in [0.5, 0.6) is 5.75 Å². The van der Waals surface area contributed by atoms with Crippen molar-refractivity contribution in [2.75, 3.05) is 13.1 Å². The lowest BCUT2D eigenvalue weighted by molar-refractivity contribution is 0.0597. The molecule has 2 aromatic heterocycles. The summed E-state index contributed by atoms with van der Waals surface area (Å²) in [7, 11) is 0. The minimum Gasteiger partial charge on any atom is -0.490 e. The Morgan fingerprint density at radius 2 is 1.79 bits per heavy atom. The maximum Gasteiger partial charge on any atom is 0.254 e. The van der Waals surface area contributed by atoms with E-state index in [0.29, 0.717) is 25.2 Å². The molecule has 0 N–H and O–H groups in total. The summed E-state index contributed by atoms with van der Waals surface area (Å²) in [4.78, 5) is 20.4. The molecule has 0 saturated carbocycles. The minimum absolute atomic E-state index is 0.0323. The van der Waals surface area contributed by atoms with E-state index in [1.165, 1.54) is 11.1 Å². The second kappa shape index (κ2) is 9.29. The number of rotatable bonds is 5. The molecule has 1 amide bonds. The Labute approximate surface area is 200 Å². The third-order valence-electron chi connectivity index (χ3n) is 6.72. The summed E-state index contributed by atoms with van der Waals surface area (Å²) in [6, 6.07) is 18.1. The van der Waals surface area contributed by atoms with Gasteiger partial charge in [0.15, 0.2) is 5.65 Å². The quantitative estimate of drug-likeness (QED) is 0.404. The summed E-state index contributed by atoms with van der Waals surface area (Å²) >= 11 is 0. The van der Waals surface area contributed by atoms with Crippen LogP contribution >= 0.6 is 0 Å². The van der Waals surface area contributed by atoms with Gasteiger partial charge >= 0.3 is 0 Å². The number of carbonyl (C=O) groups is 1. The first-order valence-electron chi connectivity index (χ1n) is 12.0. The molecule has 0 aliphatic carbocycles. The summed E-state index contributed by atoms with van der Waals surface area (Å²) < 4.78 is 8.08. The number of fused-ring (bicyclic) bond motifs is 1. The van der Waals surface area contributed by atoms with E-state index < -0.39 is 0 Å². The maximum absolute atomic E-state index is 13.7. The third kappa shape index (κ3) is 4.28. The zero-order chi connectivity index (χ0) is 23.7. The van der Waals surface area contributed by atoms with Crippen LogP contribution in [0.25, 0.3) is 22.3 Å². The first kappa shape index (κ1) is 22.1. The van der Waals surface area contributed by atoms with E-state index in [2.05, 4.69) is 31.1 Å². The van der Waals surface area contributed by atoms with Crippen LogP contribution in [-0.2, 0) is 6.54 Å². The minimum atomic E-state index is 0.0323. The van der Waals surface area contributed by atoms with Gasteiger partial charge in [-0.3, -0.25) is 4.79 Å². The number of likely N-dealkylation sites (tertiary alicyclic amines) is 1. The molecule has 34 heavy (non-hydrogen) atoms. The highest BCUT2D eigenvalue weighted by Crippen LogP contribution is 2.28. The lowest BCUT2D eigenvalue weighted by atomic mass is 10.0. The fourth-order valence-corrected chi connectivity index (χ4v) is 4.54. The third-order valence-corrected chi connectivity index (χ3v) is 6.72. The Bertz CT molecular complexity index is 1320. The zero-order valence-corrected chi connectivity index (χ0v) is 20.0. The van der Waals surface area contributed by atoms with Gasteiger partial charge in [0.1, 0.15) is 11.9 Å². The molecule has 0 radical (unpaired) electrons. The van der Waals surface area contributed by atoms with Gasteiger partial charge in [-0.2, -0.15) is 5.10 Å². The average molecular weight is 455 g/mol. The largest absolute Gasteiger partial charge is 0.490 e. The van der Waals surface area contributed by atoms with Gasteiger partial charge in [-0.05, 0) is 50.1 Å². The van der Waals surface area contributed by atoms with E-state index >= 15 is 0 Å². The first-order valence-corrected chi connectivity index (χ1v) is 12.0. The van der Waals surface area contributed by atoms with Gasteiger partial charge in [-0.15, -0.1) is 0 Å². The molecule has 3 heterocycles. The molecule has 6 nitrogen and oxygen atoms in total. The molecule has 0 atom stereocenters. The molecule has 4 aromatic rings. The van der Waals surface area contributed by atoms with E-state index in [-0.39, 0.29) is 12.0 Å². The Morgan fingerprint density at radius 3 is 2.50 bits per heavy atom. The molecular weight excluding hydrogens is 424 g/mol. The van der Waals surface area contributed by atoms with Gasteiger partial charge in [0.2, 0.25) is 0 Å². The molecular formula is C28H30N4O2. The van der Waals surface area contributed by atoms with E-state index in [1.807, 2.05) is 59.0 Å². The molecule has 2 aromatic carbocycles. The number of ether oxygens (including phenoxy) is 1. The Kier molecular flexibility index (Phi) is 6.05. The number of aryl methyl sites for hydroxylation is 3. The summed E-state index contributed by atoms with van der Waals surface area (Å²) in [5.41, 5.74) is 5.69. The van der Waals surface area contributed by atoms with Gasteiger partial charge < -0.3 is 9.64 Å². The number of benzene rings is 2. The normalized spacial score (nSPS) is 14.5. The van der Waals surface area contributed by atoms with Crippen LogP contribution in [0, 0.1) is 13.8 Å². The van der Waals surface area contributed by atoms with Crippen molar-refractivity contribution in [3.05, 3.63) is 77.5 Å². The Morgan fingerprint density at radius 1 is 1.03 bits per heavy atom. The fourth-order valence-electron chi connectivity index (χ4n) is 4.54. The molecule has 174 valence electrons. The number of pyridine rings is 1. The van der Waals surface area contributed by atoms with Crippen LogP contribution < -0.4 is 4.74 Å². The molecule has 1 fully saturated rings. The highest BCUT2D eigenvalue weighted by molar-refractivity contribution is 6.06. The number of piperidine rings is 1. The Balaban J connectivity index is 1.37. The van der Waals surface area contributed by atoms with E-state index in [1.54, 1.807) is 6.20 Å². The predicted molar refractivity (Wildman–Crippen MR) is 134 cm³/mol. The van der Waals surface area contributed by atoms with E-state index in [0.717, 1.165) is 40.9 Å². The second-order valence-electron chi connectivity index (χ2n) is 8.97. The highest BCUT2D eigenvalue weighted by atomic mass is 16.5. The highest BCUT2D eigenvalue weighted by Gasteiger charge is 2.27.